The van der Waals surface area contributed by atoms with Crippen molar-refractivity contribution in [1.29, 1.82) is 0 Å². The lowest BCUT2D eigenvalue weighted by atomic mass is 9.87. The van der Waals surface area contributed by atoms with Crippen LogP contribution >= 0.6 is 0 Å². The molecule has 2 nitrogen and oxygen atoms in total. The molecule has 0 bridgehead atoms. The Morgan fingerprint density at radius 3 is 1.15 bits per heavy atom. The highest BCUT2D eigenvalue weighted by Crippen LogP contribution is 2.30. The first-order valence-electron chi connectivity index (χ1n) is 17.4. The van der Waals surface area contributed by atoms with Crippen molar-refractivity contribution in [3.8, 4) is 0 Å². The molecule has 1 aliphatic rings. The molecule has 0 aromatic heterocycles. The smallest absolute Gasteiger partial charge is 0.147 e. The summed E-state index contributed by atoms with van der Waals surface area (Å²) in [5.74, 6) is 0.710. The molecule has 0 fully saturated rings. The molecule has 1 aromatic rings. The third kappa shape index (κ3) is 17.0. The van der Waals surface area contributed by atoms with Gasteiger partial charge in [0, 0.05) is 12.1 Å². The molecule has 1 aliphatic heterocycles. The largest absolute Gasteiger partial charge is 0.243 e. The highest BCUT2D eigenvalue weighted by molar-refractivity contribution is 6.18. The molecule has 1 aromatic carbocycles. The zero-order chi connectivity index (χ0) is 27.6. The summed E-state index contributed by atoms with van der Waals surface area (Å²) in [6.07, 6.45) is 39.9. The predicted octanol–water partition coefficient (Wildman–Crippen LogP) is 12.6. The van der Waals surface area contributed by atoms with E-state index in [1.807, 2.05) is 0 Å². The molecule has 2 heteroatoms. The summed E-state index contributed by atoms with van der Waals surface area (Å²) in [5, 5.41) is 0. The van der Waals surface area contributed by atoms with Crippen molar-refractivity contribution in [2.75, 3.05) is 0 Å². The normalized spacial score (nSPS) is 13.5. The van der Waals surface area contributed by atoms with Gasteiger partial charge in [0.1, 0.15) is 18.0 Å². The van der Waals surface area contributed by atoms with E-state index in [1.165, 1.54) is 166 Å². The van der Waals surface area contributed by atoms with Gasteiger partial charge < -0.3 is 0 Å². The van der Waals surface area contributed by atoms with Crippen LogP contribution in [0.5, 0.6) is 0 Å². The summed E-state index contributed by atoms with van der Waals surface area (Å²) in [6.45, 7) is 4.61. The van der Waals surface area contributed by atoms with E-state index in [0.29, 0.717) is 5.92 Å². The van der Waals surface area contributed by atoms with Crippen molar-refractivity contribution in [3.63, 3.8) is 0 Å². The summed E-state index contributed by atoms with van der Waals surface area (Å²) in [5.41, 5.74) is 2.67. The first-order chi connectivity index (χ1) is 19.3. The zero-order valence-electron chi connectivity index (χ0n) is 26.1. The van der Waals surface area contributed by atoms with Gasteiger partial charge in [-0.1, -0.05) is 162 Å². The number of hydrogen-bond acceptors (Lipinski definition) is 2. The standard InChI is InChI=1S/C37H63N2/c1-3-5-7-9-11-13-15-16-17-19-21-23-25-27-34(26-24-22-20-18-14-12-10-8-6-4-2)35-28-30-36(31-29-35)37-38-32-33-39-37/h28-34H,3-27H2,1-2H3/q+1. The first-order valence-corrected chi connectivity index (χ1v) is 17.4. The van der Waals surface area contributed by atoms with Gasteiger partial charge in [-0.15, -0.1) is 9.98 Å². The first kappa shape index (κ1) is 33.6. The summed E-state index contributed by atoms with van der Waals surface area (Å²) in [6, 6.07) is 9.18. The van der Waals surface area contributed by atoms with E-state index in [0.717, 1.165) is 11.7 Å². The minimum atomic E-state index is 0.710. The molecule has 0 spiro atoms. The minimum Gasteiger partial charge on any atom is -0.147 e. The Hall–Kier alpha value is -1.57. The van der Waals surface area contributed by atoms with E-state index in [-0.39, 0.29) is 0 Å². The number of aliphatic imine (C=N–C) groups is 2. The molecular weight excluding hydrogens is 472 g/mol. The van der Waals surface area contributed by atoms with E-state index in [4.69, 9.17) is 0 Å². The molecule has 2 rings (SSSR count). The molecule has 1 heterocycles. The third-order valence-corrected chi connectivity index (χ3v) is 8.66. The fraction of sp³-hybridized carbons (Fsp3) is 0.757. The van der Waals surface area contributed by atoms with Gasteiger partial charge in [-0.2, -0.15) is 0 Å². The van der Waals surface area contributed by atoms with Gasteiger partial charge in [0.2, 0.25) is 6.17 Å². The van der Waals surface area contributed by atoms with E-state index < -0.39 is 0 Å². The van der Waals surface area contributed by atoms with Crippen molar-refractivity contribution in [3.05, 3.63) is 41.6 Å². The Labute approximate surface area is 244 Å². The van der Waals surface area contributed by atoms with Crippen LogP contribution in [0.1, 0.15) is 191 Å². The third-order valence-electron chi connectivity index (χ3n) is 8.66. The van der Waals surface area contributed by atoms with Crippen molar-refractivity contribution < 1.29 is 0 Å². The topological polar surface area (TPSA) is 24.7 Å². The minimum absolute atomic E-state index is 0.710. The van der Waals surface area contributed by atoms with Crippen molar-refractivity contribution in [2.45, 2.75) is 180 Å². The molecule has 1 atom stereocenters. The van der Waals surface area contributed by atoms with Gasteiger partial charge in [0.15, 0.2) is 0 Å². The maximum Gasteiger partial charge on any atom is 0.243 e. The van der Waals surface area contributed by atoms with Crippen LogP contribution in [0.2, 0.25) is 0 Å². The average molecular weight is 536 g/mol. The lowest BCUT2D eigenvalue weighted by molar-refractivity contribution is 0.480. The summed E-state index contributed by atoms with van der Waals surface area (Å²) < 4.78 is 0. The van der Waals surface area contributed by atoms with Crippen LogP contribution in [0.3, 0.4) is 0 Å². The Morgan fingerprint density at radius 1 is 0.462 bits per heavy atom. The fourth-order valence-electron chi connectivity index (χ4n) is 6.06. The number of benzene rings is 1. The molecule has 0 saturated carbocycles. The highest BCUT2D eigenvalue weighted by atomic mass is 15.0. The maximum absolute atomic E-state index is 4.37. The van der Waals surface area contributed by atoms with Gasteiger partial charge in [-0.25, -0.2) is 0 Å². The number of rotatable bonds is 27. The number of nitrogens with zero attached hydrogens (tertiary/aromatic N) is 2. The highest BCUT2D eigenvalue weighted by Gasteiger charge is 2.19. The van der Waals surface area contributed by atoms with E-state index in [9.17, 15) is 0 Å². The number of unbranched alkanes of at least 4 members (excludes halogenated alkanes) is 21. The molecule has 0 saturated heterocycles. The number of hydrogen-bond donors (Lipinski definition) is 0. The molecule has 0 aliphatic carbocycles. The second kappa shape index (κ2) is 24.2. The lowest BCUT2D eigenvalue weighted by Gasteiger charge is -2.17. The fourth-order valence-corrected chi connectivity index (χ4v) is 6.06. The summed E-state index contributed by atoms with van der Waals surface area (Å²) in [4.78, 5) is 8.74. The van der Waals surface area contributed by atoms with Crippen LogP contribution in [-0.2, 0) is 0 Å². The van der Waals surface area contributed by atoms with Crippen molar-refractivity contribution in [1.82, 2.24) is 0 Å². The van der Waals surface area contributed by atoms with Crippen LogP contribution in [0.15, 0.2) is 34.3 Å². The Morgan fingerprint density at radius 2 is 0.795 bits per heavy atom. The van der Waals surface area contributed by atoms with Gasteiger partial charge in [-0.3, -0.25) is 0 Å². The van der Waals surface area contributed by atoms with Crippen molar-refractivity contribution >= 4 is 12.4 Å². The molecule has 39 heavy (non-hydrogen) atoms. The van der Waals surface area contributed by atoms with E-state index in [2.05, 4.69) is 48.1 Å². The molecule has 0 radical (unpaired) electrons. The van der Waals surface area contributed by atoms with Crippen LogP contribution < -0.4 is 0 Å². The lowest BCUT2D eigenvalue weighted by Crippen LogP contribution is -2.01. The van der Waals surface area contributed by atoms with Gasteiger partial charge in [0.25, 0.3) is 0 Å². The molecule has 0 N–H and O–H groups in total. The summed E-state index contributed by atoms with van der Waals surface area (Å²) >= 11 is 0. The second-order valence-corrected chi connectivity index (χ2v) is 12.2. The molecule has 1 unspecified atom stereocenters. The van der Waals surface area contributed by atoms with Gasteiger partial charge >= 0.3 is 0 Å². The monoisotopic (exact) mass is 535 g/mol. The molecular formula is C37H63N2+. The van der Waals surface area contributed by atoms with Crippen molar-refractivity contribution in [2.24, 2.45) is 9.98 Å². The Bertz CT molecular complexity index is 707. The van der Waals surface area contributed by atoms with Crippen LogP contribution in [0.25, 0.3) is 0 Å². The quantitative estimate of drug-likeness (QED) is 0.0790. The Kier molecular flexibility index (Phi) is 20.9. The van der Waals surface area contributed by atoms with E-state index in [1.54, 1.807) is 12.4 Å². The maximum atomic E-state index is 4.37. The molecule has 0 amide bonds. The van der Waals surface area contributed by atoms with Gasteiger partial charge in [-0.05, 0) is 36.5 Å². The zero-order valence-corrected chi connectivity index (χ0v) is 26.1. The van der Waals surface area contributed by atoms with E-state index >= 15 is 0 Å². The second-order valence-electron chi connectivity index (χ2n) is 12.2. The van der Waals surface area contributed by atoms with Crippen LogP contribution in [0.4, 0.5) is 0 Å². The van der Waals surface area contributed by atoms with Crippen LogP contribution in [-0.4, -0.2) is 12.4 Å². The summed E-state index contributed by atoms with van der Waals surface area (Å²) in [7, 11) is 0. The predicted molar refractivity (Wildman–Crippen MR) is 175 cm³/mol. The van der Waals surface area contributed by atoms with Gasteiger partial charge in [0.05, 0.1) is 0 Å². The SMILES string of the molecule is CCCCCCCCCCCCCCCC(CCCCCCCCCCCC)c1ccc([C+]2N=CC=N2)cc1. The Balaban J connectivity index is 1.62. The van der Waals surface area contributed by atoms with Crippen LogP contribution in [0, 0.1) is 6.17 Å². The molecule has 220 valence electrons. The average Bonchev–Trinajstić information content (AvgIpc) is 3.51.